The van der Waals surface area contributed by atoms with Gasteiger partial charge in [0.15, 0.2) is 0 Å². The first-order valence-corrected chi connectivity index (χ1v) is 10.2. The Labute approximate surface area is 158 Å². The number of aliphatic hydroxyl groups excluding tert-OH is 2. The van der Waals surface area contributed by atoms with Crippen LogP contribution in [0.5, 0.6) is 0 Å². The third kappa shape index (κ3) is 2.13. The number of aromatic nitrogens is 2. The SMILES string of the molecule is OC1C2CC3CC1CC([C@H](O)C[C@@H]1c4c(F)cccc4-c4cncn41)(C3)C2. The molecule has 2 heterocycles. The standard InChI is InChI=1S/C22H25FN2O2/c23-16-3-1-2-15-18-10-24-11-25(18)17(20(15)16)6-19(26)22-7-12-4-13(8-22)21(27)14(5-12)9-22/h1-3,10-14,17,19,21,26-27H,4-9H2/t12?,13?,14?,17-,19-,21?,22?/m1/s1. The lowest BCUT2D eigenvalue weighted by molar-refractivity contribution is -0.173. The maximum absolute atomic E-state index is 14.7. The largest absolute Gasteiger partial charge is 0.393 e. The molecule has 5 heteroatoms. The Hall–Kier alpha value is -1.72. The average molecular weight is 368 g/mol. The van der Waals surface area contributed by atoms with Gasteiger partial charge in [-0.25, -0.2) is 9.37 Å². The molecule has 2 aromatic rings. The van der Waals surface area contributed by atoms with Crippen LogP contribution in [0.2, 0.25) is 0 Å². The van der Waals surface area contributed by atoms with Gasteiger partial charge in [-0.05, 0) is 67.8 Å². The smallest absolute Gasteiger partial charge is 0.129 e. The van der Waals surface area contributed by atoms with Crippen LogP contribution in [0.25, 0.3) is 11.3 Å². The van der Waals surface area contributed by atoms with Crippen LogP contribution in [0.15, 0.2) is 30.7 Å². The zero-order valence-corrected chi connectivity index (χ0v) is 15.3. The highest BCUT2D eigenvalue weighted by Gasteiger charge is 2.57. The number of nitrogens with zero attached hydrogens (tertiary/aromatic N) is 2. The van der Waals surface area contributed by atoms with Gasteiger partial charge in [0.2, 0.25) is 0 Å². The normalized spacial score (nSPS) is 39.4. The number of imidazole rings is 1. The second kappa shape index (κ2) is 5.42. The predicted molar refractivity (Wildman–Crippen MR) is 98.4 cm³/mol. The summed E-state index contributed by atoms with van der Waals surface area (Å²) in [7, 11) is 0. The highest BCUT2D eigenvalue weighted by molar-refractivity contribution is 5.69. The topological polar surface area (TPSA) is 58.3 Å². The number of rotatable bonds is 3. The average Bonchev–Trinajstić information content (AvgIpc) is 3.22. The molecule has 0 spiro atoms. The van der Waals surface area contributed by atoms with E-state index in [1.54, 1.807) is 18.6 Å². The Morgan fingerprint density at radius 1 is 1.22 bits per heavy atom. The van der Waals surface area contributed by atoms with Gasteiger partial charge in [0.05, 0.1) is 36.5 Å². The van der Waals surface area contributed by atoms with Crippen molar-refractivity contribution < 1.29 is 14.6 Å². The molecule has 2 unspecified atom stereocenters. The summed E-state index contributed by atoms with van der Waals surface area (Å²) < 4.78 is 16.7. The van der Waals surface area contributed by atoms with Gasteiger partial charge in [-0.1, -0.05) is 12.1 Å². The summed E-state index contributed by atoms with van der Waals surface area (Å²) in [6.45, 7) is 0. The van der Waals surface area contributed by atoms with Gasteiger partial charge in [-0.2, -0.15) is 0 Å². The van der Waals surface area contributed by atoms with E-state index in [2.05, 4.69) is 4.98 Å². The molecule has 4 bridgehead atoms. The molecular formula is C22H25FN2O2. The quantitative estimate of drug-likeness (QED) is 0.871. The molecule has 142 valence electrons. The van der Waals surface area contributed by atoms with Crippen molar-refractivity contribution in [3.05, 3.63) is 42.1 Å². The summed E-state index contributed by atoms with van der Waals surface area (Å²) in [6.07, 6.45) is 8.49. The van der Waals surface area contributed by atoms with Gasteiger partial charge in [0.25, 0.3) is 0 Å². The highest BCUT2D eigenvalue weighted by Crippen LogP contribution is 2.62. The number of halogens is 1. The van der Waals surface area contributed by atoms with Crippen molar-refractivity contribution in [1.29, 1.82) is 0 Å². The summed E-state index contributed by atoms with van der Waals surface area (Å²) in [5.74, 6) is 1.11. The molecule has 1 aromatic carbocycles. The minimum absolute atomic E-state index is 0.107. The van der Waals surface area contributed by atoms with Crippen LogP contribution >= 0.6 is 0 Å². The second-order valence-corrected chi connectivity index (χ2v) is 9.48. The van der Waals surface area contributed by atoms with Gasteiger partial charge in [0, 0.05) is 11.1 Å². The maximum atomic E-state index is 14.7. The zero-order chi connectivity index (χ0) is 18.3. The van der Waals surface area contributed by atoms with Crippen molar-refractivity contribution in [2.24, 2.45) is 23.2 Å². The first kappa shape index (κ1) is 16.3. The number of benzene rings is 1. The highest BCUT2D eigenvalue weighted by atomic mass is 19.1. The van der Waals surface area contributed by atoms with Gasteiger partial charge in [-0.15, -0.1) is 0 Å². The van der Waals surface area contributed by atoms with E-state index in [9.17, 15) is 14.6 Å². The fourth-order valence-electron chi connectivity index (χ4n) is 7.16. The second-order valence-electron chi connectivity index (χ2n) is 9.48. The summed E-state index contributed by atoms with van der Waals surface area (Å²) >= 11 is 0. The van der Waals surface area contributed by atoms with Crippen LogP contribution in [0.1, 0.15) is 50.1 Å². The number of aliphatic hydroxyl groups is 2. The summed E-state index contributed by atoms with van der Waals surface area (Å²) in [6, 6.07) is 5.00. The van der Waals surface area contributed by atoms with Crippen molar-refractivity contribution >= 4 is 0 Å². The van der Waals surface area contributed by atoms with Crippen molar-refractivity contribution in [3.63, 3.8) is 0 Å². The van der Waals surface area contributed by atoms with E-state index < -0.39 is 6.10 Å². The van der Waals surface area contributed by atoms with Crippen LogP contribution in [0.4, 0.5) is 4.39 Å². The third-order valence-corrected chi connectivity index (χ3v) is 8.09. The van der Waals surface area contributed by atoms with Crippen LogP contribution < -0.4 is 0 Å². The van der Waals surface area contributed by atoms with Crippen LogP contribution in [-0.2, 0) is 0 Å². The molecular weight excluding hydrogens is 343 g/mol. The Morgan fingerprint density at radius 3 is 2.78 bits per heavy atom. The molecule has 4 fully saturated rings. The summed E-state index contributed by atoms with van der Waals surface area (Å²) in [5.41, 5.74) is 2.41. The van der Waals surface area contributed by atoms with Crippen molar-refractivity contribution in [3.8, 4) is 11.3 Å². The molecule has 0 amide bonds. The third-order valence-electron chi connectivity index (χ3n) is 8.09. The van der Waals surface area contributed by atoms with Gasteiger partial charge in [0.1, 0.15) is 5.82 Å². The Kier molecular flexibility index (Phi) is 3.26. The van der Waals surface area contributed by atoms with Crippen molar-refractivity contribution in [2.75, 3.05) is 0 Å². The summed E-state index contributed by atoms with van der Waals surface area (Å²) in [5, 5.41) is 21.9. The molecule has 7 rings (SSSR count). The lowest BCUT2D eigenvalue weighted by atomic mass is 9.47. The zero-order valence-electron chi connectivity index (χ0n) is 15.3. The van der Waals surface area contributed by atoms with Crippen LogP contribution in [0.3, 0.4) is 0 Å². The molecule has 5 aliphatic rings. The molecule has 4 atom stereocenters. The van der Waals surface area contributed by atoms with Gasteiger partial charge < -0.3 is 14.8 Å². The molecule has 2 N–H and O–H groups in total. The summed E-state index contributed by atoms with van der Waals surface area (Å²) in [4.78, 5) is 4.26. The number of hydrogen-bond acceptors (Lipinski definition) is 3. The van der Waals surface area contributed by atoms with E-state index in [4.69, 9.17) is 0 Å². The van der Waals surface area contributed by atoms with E-state index in [1.165, 1.54) is 6.07 Å². The lowest BCUT2D eigenvalue weighted by Gasteiger charge is -2.60. The van der Waals surface area contributed by atoms with E-state index in [-0.39, 0.29) is 23.4 Å². The molecule has 4 nitrogen and oxygen atoms in total. The number of hydrogen-bond donors (Lipinski definition) is 2. The van der Waals surface area contributed by atoms with Crippen molar-refractivity contribution in [1.82, 2.24) is 9.55 Å². The van der Waals surface area contributed by atoms with E-state index in [0.717, 1.165) is 43.4 Å². The van der Waals surface area contributed by atoms with E-state index >= 15 is 0 Å². The Morgan fingerprint density at radius 2 is 2.00 bits per heavy atom. The van der Waals surface area contributed by atoms with Crippen molar-refractivity contribution in [2.45, 2.75) is 56.8 Å². The molecule has 4 aliphatic carbocycles. The minimum atomic E-state index is -0.482. The van der Waals surface area contributed by atoms with E-state index in [1.807, 2.05) is 10.6 Å². The predicted octanol–water partition coefficient (Wildman–Crippen LogP) is 3.53. The molecule has 4 saturated carbocycles. The Bertz CT molecular complexity index is 893. The first-order valence-electron chi connectivity index (χ1n) is 10.2. The monoisotopic (exact) mass is 368 g/mol. The van der Waals surface area contributed by atoms with Gasteiger partial charge >= 0.3 is 0 Å². The first-order chi connectivity index (χ1) is 13.1. The maximum Gasteiger partial charge on any atom is 0.129 e. The minimum Gasteiger partial charge on any atom is -0.393 e. The molecule has 1 aromatic heterocycles. The lowest BCUT2D eigenvalue weighted by Crippen LogP contribution is -2.57. The molecule has 0 saturated heterocycles. The fraction of sp³-hybridized carbons (Fsp3) is 0.591. The molecule has 27 heavy (non-hydrogen) atoms. The van der Waals surface area contributed by atoms with Crippen LogP contribution in [0, 0.1) is 29.0 Å². The van der Waals surface area contributed by atoms with E-state index in [0.29, 0.717) is 29.7 Å². The van der Waals surface area contributed by atoms with Crippen LogP contribution in [-0.4, -0.2) is 32.0 Å². The Balaban J connectivity index is 1.35. The molecule has 0 radical (unpaired) electrons. The fourth-order valence-corrected chi connectivity index (χ4v) is 7.16. The van der Waals surface area contributed by atoms with Gasteiger partial charge in [-0.3, -0.25) is 0 Å². The number of fused-ring (bicyclic) bond motifs is 3. The molecule has 1 aliphatic heterocycles.